The maximum atomic E-state index is 12.2. The number of benzene rings is 1. The number of fused-ring (bicyclic) bond motifs is 1. The van der Waals surface area contributed by atoms with E-state index in [1.165, 1.54) is 0 Å². The number of hydrogen-bond donors (Lipinski definition) is 0. The van der Waals surface area contributed by atoms with Gasteiger partial charge in [0.2, 0.25) is 0 Å². The van der Waals surface area contributed by atoms with Crippen LogP contribution in [-0.4, -0.2) is 54.8 Å². The fourth-order valence-electron chi connectivity index (χ4n) is 1.93. The number of carbonyl (C=O) groups is 1. The van der Waals surface area contributed by atoms with E-state index in [1.807, 2.05) is 38.4 Å². The Balaban J connectivity index is 2.41. The Morgan fingerprint density at radius 2 is 1.89 bits per heavy atom. The third-order valence-electron chi connectivity index (χ3n) is 2.94. The van der Waals surface area contributed by atoms with Crippen molar-refractivity contribution in [3.05, 3.63) is 29.8 Å². The second-order valence-electron chi connectivity index (χ2n) is 4.53. The fraction of sp³-hybridized carbons (Fsp3) is 0.308. The van der Waals surface area contributed by atoms with Gasteiger partial charge >= 0.3 is 0 Å². The molecule has 100 valence electrons. The normalized spacial score (nSPS) is 15.7. The van der Waals surface area contributed by atoms with Crippen molar-refractivity contribution < 1.29 is 4.79 Å². The quantitative estimate of drug-likeness (QED) is 0.570. The number of para-hydroxylation sites is 1. The van der Waals surface area contributed by atoms with Crippen molar-refractivity contribution in [2.24, 2.45) is 5.10 Å². The largest absolute Gasteiger partial charge is 0.354 e. The van der Waals surface area contributed by atoms with Crippen molar-refractivity contribution in [3.63, 3.8) is 0 Å². The highest BCUT2D eigenvalue weighted by Gasteiger charge is 2.31. The molecule has 0 fully saturated rings. The average Bonchev–Trinajstić information content (AvgIpc) is 2.63. The standard InChI is InChI=1S/C13H16N4OS/c1-15(2)13(19)17(4)14-11-9-7-5-6-8-10(9)16(3)12(11)18/h5-8H,1-4H3/b14-11-. The topological polar surface area (TPSA) is 39.1 Å². The number of likely N-dealkylation sites (N-methyl/N-ethyl adjacent to an activating group) is 1. The Morgan fingerprint density at radius 3 is 2.53 bits per heavy atom. The molecule has 1 amide bonds. The van der Waals surface area contributed by atoms with E-state index in [0.717, 1.165) is 11.3 Å². The van der Waals surface area contributed by atoms with Gasteiger partial charge in [-0.1, -0.05) is 18.2 Å². The van der Waals surface area contributed by atoms with Crippen molar-refractivity contribution in [2.75, 3.05) is 33.1 Å². The van der Waals surface area contributed by atoms with Crippen LogP contribution in [0.15, 0.2) is 29.4 Å². The minimum atomic E-state index is -0.116. The molecule has 1 aromatic carbocycles. The van der Waals surface area contributed by atoms with Crippen LogP contribution in [0.3, 0.4) is 0 Å². The fourth-order valence-corrected chi connectivity index (χ4v) is 1.97. The predicted molar refractivity (Wildman–Crippen MR) is 80.4 cm³/mol. The number of hydrogen-bond acceptors (Lipinski definition) is 3. The Bertz CT molecular complexity index is 568. The number of nitrogens with zero attached hydrogens (tertiary/aromatic N) is 4. The average molecular weight is 276 g/mol. The molecule has 2 rings (SSSR count). The van der Waals surface area contributed by atoms with Crippen LogP contribution in [0.25, 0.3) is 0 Å². The lowest BCUT2D eigenvalue weighted by atomic mass is 10.1. The Kier molecular flexibility index (Phi) is 3.53. The van der Waals surface area contributed by atoms with Crippen LogP contribution in [0.2, 0.25) is 0 Å². The molecule has 19 heavy (non-hydrogen) atoms. The summed E-state index contributed by atoms with van der Waals surface area (Å²) in [7, 11) is 7.17. The molecular formula is C13H16N4OS. The summed E-state index contributed by atoms with van der Waals surface area (Å²) in [5.41, 5.74) is 2.13. The van der Waals surface area contributed by atoms with Crippen LogP contribution in [0, 0.1) is 0 Å². The van der Waals surface area contributed by atoms with E-state index in [1.54, 1.807) is 28.9 Å². The Morgan fingerprint density at radius 1 is 1.26 bits per heavy atom. The molecular weight excluding hydrogens is 260 g/mol. The molecule has 0 atom stereocenters. The highest BCUT2D eigenvalue weighted by atomic mass is 32.1. The molecule has 0 spiro atoms. The monoisotopic (exact) mass is 276 g/mol. The molecule has 1 heterocycles. The molecule has 0 radical (unpaired) electrons. The zero-order valence-electron chi connectivity index (χ0n) is 11.4. The van der Waals surface area contributed by atoms with Crippen LogP contribution in [-0.2, 0) is 4.79 Å². The van der Waals surface area contributed by atoms with Gasteiger partial charge in [0.15, 0.2) is 10.8 Å². The Hall–Kier alpha value is -1.95. The lowest BCUT2D eigenvalue weighted by Gasteiger charge is -2.21. The van der Waals surface area contributed by atoms with E-state index in [4.69, 9.17) is 12.2 Å². The summed E-state index contributed by atoms with van der Waals surface area (Å²) in [5.74, 6) is -0.116. The lowest BCUT2D eigenvalue weighted by molar-refractivity contribution is -0.112. The van der Waals surface area contributed by atoms with E-state index in [-0.39, 0.29) is 5.91 Å². The van der Waals surface area contributed by atoms with Crippen LogP contribution in [0.5, 0.6) is 0 Å². The van der Waals surface area contributed by atoms with Gasteiger partial charge in [-0.25, -0.2) is 5.01 Å². The molecule has 0 N–H and O–H groups in total. The number of amides is 1. The van der Waals surface area contributed by atoms with Crippen LogP contribution in [0.4, 0.5) is 5.69 Å². The lowest BCUT2D eigenvalue weighted by Crippen LogP contribution is -2.35. The van der Waals surface area contributed by atoms with Crippen molar-refractivity contribution in [1.29, 1.82) is 0 Å². The van der Waals surface area contributed by atoms with Crippen molar-refractivity contribution in [2.45, 2.75) is 0 Å². The number of rotatable bonds is 1. The molecule has 0 aromatic heterocycles. The van der Waals surface area contributed by atoms with Gasteiger partial charge < -0.3 is 9.80 Å². The third kappa shape index (κ3) is 2.31. The first-order chi connectivity index (χ1) is 8.93. The van der Waals surface area contributed by atoms with Gasteiger partial charge in [-0.15, -0.1) is 0 Å². The molecule has 0 unspecified atom stereocenters. The van der Waals surface area contributed by atoms with Gasteiger partial charge in [-0.2, -0.15) is 5.10 Å². The van der Waals surface area contributed by atoms with Crippen molar-refractivity contribution in [3.8, 4) is 0 Å². The summed E-state index contributed by atoms with van der Waals surface area (Å²) in [5, 5.41) is 6.43. The molecule has 5 nitrogen and oxygen atoms in total. The maximum Gasteiger partial charge on any atom is 0.279 e. The second-order valence-corrected chi connectivity index (χ2v) is 4.90. The minimum absolute atomic E-state index is 0.116. The van der Waals surface area contributed by atoms with Crippen molar-refractivity contribution >= 4 is 34.6 Å². The van der Waals surface area contributed by atoms with Gasteiger partial charge in [0, 0.05) is 33.8 Å². The van der Waals surface area contributed by atoms with Crippen molar-refractivity contribution in [1.82, 2.24) is 9.91 Å². The number of carbonyl (C=O) groups excluding carboxylic acids is 1. The molecule has 0 saturated carbocycles. The maximum absolute atomic E-state index is 12.2. The highest BCUT2D eigenvalue weighted by molar-refractivity contribution is 7.80. The number of thiocarbonyl (C=S) groups is 1. The zero-order valence-corrected chi connectivity index (χ0v) is 12.2. The molecule has 0 aliphatic carbocycles. The number of hydrazone groups is 1. The molecule has 6 heteroatoms. The van der Waals surface area contributed by atoms with E-state index in [9.17, 15) is 4.79 Å². The van der Waals surface area contributed by atoms with Gasteiger partial charge in [-0.3, -0.25) is 4.79 Å². The van der Waals surface area contributed by atoms with Crippen LogP contribution < -0.4 is 4.90 Å². The Labute approximate surface area is 118 Å². The van der Waals surface area contributed by atoms with Gasteiger partial charge in [-0.05, 0) is 18.3 Å². The van der Waals surface area contributed by atoms with E-state index in [0.29, 0.717) is 10.8 Å². The first-order valence-electron chi connectivity index (χ1n) is 5.84. The molecule has 1 aliphatic rings. The highest BCUT2D eigenvalue weighted by Crippen LogP contribution is 2.27. The second kappa shape index (κ2) is 4.97. The minimum Gasteiger partial charge on any atom is -0.354 e. The third-order valence-corrected chi connectivity index (χ3v) is 3.57. The summed E-state index contributed by atoms with van der Waals surface area (Å²) >= 11 is 5.22. The van der Waals surface area contributed by atoms with Crippen LogP contribution >= 0.6 is 12.2 Å². The number of anilines is 1. The molecule has 0 bridgehead atoms. The summed E-state index contributed by atoms with van der Waals surface area (Å²) in [4.78, 5) is 15.6. The van der Waals surface area contributed by atoms with Gasteiger partial charge in [0.1, 0.15) is 0 Å². The first kappa shape index (κ1) is 13.5. The summed E-state index contributed by atoms with van der Waals surface area (Å²) < 4.78 is 0. The van der Waals surface area contributed by atoms with E-state index >= 15 is 0 Å². The SMILES string of the molecule is CN(C)C(=S)N(C)/N=C1\C(=O)N(C)c2ccccc21. The summed E-state index contributed by atoms with van der Waals surface area (Å²) in [6.45, 7) is 0. The van der Waals surface area contributed by atoms with Gasteiger partial charge in [0.05, 0.1) is 5.69 Å². The summed E-state index contributed by atoms with van der Waals surface area (Å²) in [6, 6.07) is 7.59. The molecule has 1 aromatic rings. The first-order valence-corrected chi connectivity index (χ1v) is 6.25. The van der Waals surface area contributed by atoms with Gasteiger partial charge in [0.25, 0.3) is 5.91 Å². The summed E-state index contributed by atoms with van der Waals surface area (Å²) in [6.07, 6.45) is 0. The van der Waals surface area contributed by atoms with Crippen LogP contribution in [0.1, 0.15) is 5.56 Å². The zero-order chi connectivity index (χ0) is 14.2. The molecule has 0 saturated heterocycles. The predicted octanol–water partition coefficient (Wildman–Crippen LogP) is 1.15. The van der Waals surface area contributed by atoms with E-state index < -0.39 is 0 Å². The van der Waals surface area contributed by atoms with E-state index in [2.05, 4.69) is 5.10 Å². The smallest absolute Gasteiger partial charge is 0.279 e. The molecule has 1 aliphatic heterocycles.